The zero-order chi connectivity index (χ0) is 14.9. The summed E-state index contributed by atoms with van der Waals surface area (Å²) in [6, 6.07) is 3.42. The quantitative estimate of drug-likeness (QED) is 0.914. The predicted molar refractivity (Wildman–Crippen MR) is 70.4 cm³/mol. The maximum Gasteiger partial charge on any atom is 0.328 e. The number of piperazine rings is 1. The van der Waals surface area contributed by atoms with Crippen LogP contribution in [0.4, 0.5) is 8.78 Å². The zero-order valence-corrected chi connectivity index (χ0v) is 11.6. The van der Waals surface area contributed by atoms with Gasteiger partial charge in [0.15, 0.2) is 0 Å². The molecule has 1 aromatic rings. The Morgan fingerprint density at radius 1 is 1.20 bits per heavy atom. The Balaban J connectivity index is 2.47. The van der Waals surface area contributed by atoms with Crippen molar-refractivity contribution in [2.45, 2.75) is 12.5 Å². The van der Waals surface area contributed by atoms with Crippen LogP contribution in [0.3, 0.4) is 0 Å². The van der Waals surface area contributed by atoms with E-state index in [0.29, 0.717) is 26.2 Å². The van der Waals surface area contributed by atoms with E-state index in [2.05, 4.69) is 4.90 Å². The van der Waals surface area contributed by atoms with Crippen LogP contribution in [-0.2, 0) is 10.3 Å². The Morgan fingerprint density at radius 3 is 2.15 bits per heavy atom. The van der Waals surface area contributed by atoms with Gasteiger partial charge in [-0.05, 0) is 26.1 Å². The van der Waals surface area contributed by atoms with Crippen LogP contribution in [0.15, 0.2) is 18.2 Å². The van der Waals surface area contributed by atoms with Crippen LogP contribution in [0, 0.1) is 11.6 Å². The predicted octanol–water partition coefficient (Wildman–Crippen LogP) is 1.51. The topological polar surface area (TPSA) is 43.8 Å². The average Bonchev–Trinajstić information content (AvgIpc) is 2.38. The SMILES string of the molecule is CN1CCN(C(C)(C(=O)O)c2c(F)cccc2F)CC1. The summed E-state index contributed by atoms with van der Waals surface area (Å²) in [6.07, 6.45) is 0. The van der Waals surface area contributed by atoms with Gasteiger partial charge in [-0.2, -0.15) is 0 Å². The summed E-state index contributed by atoms with van der Waals surface area (Å²) in [4.78, 5) is 15.4. The number of hydrogen-bond acceptors (Lipinski definition) is 3. The molecule has 1 unspecified atom stereocenters. The Bertz CT molecular complexity index is 496. The summed E-state index contributed by atoms with van der Waals surface area (Å²) < 4.78 is 28.0. The fourth-order valence-corrected chi connectivity index (χ4v) is 2.62. The van der Waals surface area contributed by atoms with Gasteiger partial charge in [0, 0.05) is 26.2 Å². The number of halogens is 2. The van der Waals surface area contributed by atoms with Crippen molar-refractivity contribution >= 4 is 5.97 Å². The number of carboxylic acid groups (broad SMARTS) is 1. The highest BCUT2D eigenvalue weighted by molar-refractivity contribution is 5.80. The van der Waals surface area contributed by atoms with E-state index in [-0.39, 0.29) is 0 Å². The van der Waals surface area contributed by atoms with Gasteiger partial charge in [-0.25, -0.2) is 13.6 Å². The molecule has 4 nitrogen and oxygen atoms in total. The number of carboxylic acids is 1. The monoisotopic (exact) mass is 284 g/mol. The van der Waals surface area contributed by atoms with Crippen LogP contribution in [0.2, 0.25) is 0 Å². The summed E-state index contributed by atoms with van der Waals surface area (Å²) >= 11 is 0. The van der Waals surface area contributed by atoms with Crippen LogP contribution in [0.25, 0.3) is 0 Å². The van der Waals surface area contributed by atoms with Crippen molar-refractivity contribution in [1.29, 1.82) is 0 Å². The van der Waals surface area contributed by atoms with Crippen molar-refractivity contribution in [3.05, 3.63) is 35.4 Å². The lowest BCUT2D eigenvalue weighted by Gasteiger charge is -2.42. The third-order valence-electron chi connectivity index (χ3n) is 4.00. The second-order valence-corrected chi connectivity index (χ2v) is 5.26. The van der Waals surface area contributed by atoms with E-state index < -0.39 is 28.7 Å². The highest BCUT2D eigenvalue weighted by Gasteiger charge is 2.45. The molecule has 1 saturated heterocycles. The van der Waals surface area contributed by atoms with Crippen LogP contribution in [0.5, 0.6) is 0 Å². The highest BCUT2D eigenvalue weighted by Crippen LogP contribution is 2.33. The molecular weight excluding hydrogens is 266 g/mol. The number of nitrogens with zero attached hydrogens (tertiary/aromatic N) is 2. The Hall–Kier alpha value is -1.53. The number of carbonyl (C=O) groups is 1. The maximum absolute atomic E-state index is 14.0. The molecule has 1 aliphatic heterocycles. The lowest BCUT2D eigenvalue weighted by molar-refractivity contribution is -0.153. The Labute approximate surface area is 116 Å². The molecule has 0 amide bonds. The van der Waals surface area contributed by atoms with Gasteiger partial charge in [0.2, 0.25) is 0 Å². The van der Waals surface area contributed by atoms with Gasteiger partial charge in [-0.1, -0.05) is 6.07 Å². The van der Waals surface area contributed by atoms with Crippen molar-refractivity contribution in [3.8, 4) is 0 Å². The molecule has 0 aromatic heterocycles. The van der Waals surface area contributed by atoms with Gasteiger partial charge in [0.05, 0.1) is 5.56 Å². The van der Waals surface area contributed by atoms with Gasteiger partial charge in [0.1, 0.15) is 17.2 Å². The first-order valence-corrected chi connectivity index (χ1v) is 6.49. The minimum Gasteiger partial charge on any atom is -0.480 e. The lowest BCUT2D eigenvalue weighted by Crippen LogP contribution is -2.57. The normalized spacial score (nSPS) is 20.6. The van der Waals surface area contributed by atoms with Gasteiger partial charge in [0.25, 0.3) is 0 Å². The summed E-state index contributed by atoms with van der Waals surface area (Å²) in [5.41, 5.74) is -2.09. The lowest BCUT2D eigenvalue weighted by atomic mass is 9.88. The van der Waals surface area contributed by atoms with Crippen molar-refractivity contribution in [2.24, 2.45) is 0 Å². The van der Waals surface area contributed by atoms with Crippen LogP contribution in [0.1, 0.15) is 12.5 Å². The van der Waals surface area contributed by atoms with Crippen LogP contribution < -0.4 is 0 Å². The second kappa shape index (κ2) is 5.46. The van der Waals surface area contributed by atoms with E-state index in [0.717, 1.165) is 12.1 Å². The number of rotatable bonds is 3. The highest BCUT2D eigenvalue weighted by atomic mass is 19.1. The summed E-state index contributed by atoms with van der Waals surface area (Å²) in [5, 5.41) is 9.56. The molecule has 0 aliphatic carbocycles. The molecule has 1 fully saturated rings. The fraction of sp³-hybridized carbons (Fsp3) is 0.500. The second-order valence-electron chi connectivity index (χ2n) is 5.26. The van der Waals surface area contributed by atoms with Gasteiger partial charge < -0.3 is 10.0 Å². The van der Waals surface area contributed by atoms with Crippen LogP contribution in [-0.4, -0.2) is 54.1 Å². The van der Waals surface area contributed by atoms with E-state index in [4.69, 9.17) is 0 Å². The van der Waals surface area contributed by atoms with Crippen molar-refractivity contribution < 1.29 is 18.7 Å². The Kier molecular flexibility index (Phi) is 4.06. The van der Waals surface area contributed by atoms with E-state index in [1.54, 1.807) is 4.90 Å². The van der Waals surface area contributed by atoms with Crippen molar-refractivity contribution in [1.82, 2.24) is 9.80 Å². The van der Waals surface area contributed by atoms with E-state index in [1.807, 2.05) is 7.05 Å². The smallest absolute Gasteiger partial charge is 0.328 e. The fourth-order valence-electron chi connectivity index (χ4n) is 2.62. The first-order valence-electron chi connectivity index (χ1n) is 6.49. The van der Waals surface area contributed by atoms with E-state index >= 15 is 0 Å². The molecular formula is C14H18F2N2O2. The van der Waals surface area contributed by atoms with Gasteiger partial charge in [-0.3, -0.25) is 4.90 Å². The molecule has 0 bridgehead atoms. The largest absolute Gasteiger partial charge is 0.480 e. The minimum absolute atomic E-state index is 0.392. The number of benzene rings is 1. The molecule has 1 aliphatic rings. The Morgan fingerprint density at radius 2 is 1.70 bits per heavy atom. The van der Waals surface area contributed by atoms with E-state index in [9.17, 15) is 18.7 Å². The molecule has 1 N–H and O–H groups in total. The van der Waals surface area contributed by atoms with E-state index in [1.165, 1.54) is 13.0 Å². The third-order valence-corrected chi connectivity index (χ3v) is 4.00. The summed E-state index contributed by atoms with van der Waals surface area (Å²) in [5.74, 6) is -2.89. The van der Waals surface area contributed by atoms with Gasteiger partial charge >= 0.3 is 5.97 Å². The molecule has 2 rings (SSSR count). The molecule has 20 heavy (non-hydrogen) atoms. The van der Waals surface area contributed by atoms with Gasteiger partial charge in [-0.15, -0.1) is 0 Å². The van der Waals surface area contributed by atoms with Crippen molar-refractivity contribution in [3.63, 3.8) is 0 Å². The standard InChI is InChI=1S/C14H18F2N2O2/c1-14(13(19)20,18-8-6-17(2)7-9-18)12-10(15)4-3-5-11(12)16/h3-5H,6-9H2,1-2H3,(H,19,20). The average molecular weight is 284 g/mol. The molecule has 0 radical (unpaired) electrons. The number of hydrogen-bond donors (Lipinski definition) is 1. The third kappa shape index (κ3) is 2.41. The molecule has 0 spiro atoms. The molecule has 0 saturated carbocycles. The maximum atomic E-state index is 14.0. The zero-order valence-electron chi connectivity index (χ0n) is 11.6. The molecule has 110 valence electrons. The molecule has 6 heteroatoms. The molecule has 1 aromatic carbocycles. The number of likely N-dealkylation sites (N-methyl/N-ethyl adjacent to an activating group) is 1. The van der Waals surface area contributed by atoms with Crippen LogP contribution >= 0.6 is 0 Å². The van der Waals surface area contributed by atoms with Crippen molar-refractivity contribution in [2.75, 3.05) is 33.2 Å². The first kappa shape index (κ1) is 14.9. The minimum atomic E-state index is -1.70. The summed E-state index contributed by atoms with van der Waals surface area (Å²) in [7, 11) is 1.93. The first-order chi connectivity index (χ1) is 9.37. The molecule has 1 atom stereocenters. The summed E-state index contributed by atoms with van der Waals surface area (Å²) in [6.45, 7) is 3.60. The number of aliphatic carboxylic acids is 1. The molecule has 1 heterocycles.